The van der Waals surface area contributed by atoms with Gasteiger partial charge in [-0.15, -0.1) is 0 Å². The summed E-state index contributed by atoms with van der Waals surface area (Å²) in [4.78, 5) is 27.3. The van der Waals surface area contributed by atoms with Crippen molar-refractivity contribution in [3.8, 4) is 0 Å². The Morgan fingerprint density at radius 1 is 1.15 bits per heavy atom. The fourth-order valence-electron chi connectivity index (χ4n) is 4.45. The van der Waals surface area contributed by atoms with Crippen LogP contribution in [0.3, 0.4) is 0 Å². The normalized spacial score (nSPS) is 23.7. The van der Waals surface area contributed by atoms with Gasteiger partial charge in [-0.1, -0.05) is 11.6 Å². The van der Waals surface area contributed by atoms with Crippen LogP contribution in [0.15, 0.2) is 23.0 Å². The number of nitrogens with zero attached hydrogens (tertiary/aromatic N) is 3. The molecule has 2 aliphatic rings. The van der Waals surface area contributed by atoms with Crippen molar-refractivity contribution >= 4 is 28.5 Å². The lowest BCUT2D eigenvalue weighted by atomic mass is 9.81. The Bertz CT molecular complexity index is 890. The van der Waals surface area contributed by atoms with Gasteiger partial charge in [0.25, 0.3) is 0 Å². The topological polar surface area (TPSA) is 56.5 Å². The van der Waals surface area contributed by atoms with E-state index in [0.717, 1.165) is 36.7 Å². The molecule has 2 heterocycles. The average molecular weight is 392 g/mol. The molecule has 0 atom stereocenters. The van der Waals surface area contributed by atoms with E-state index in [4.69, 9.17) is 16.3 Å². The summed E-state index contributed by atoms with van der Waals surface area (Å²) >= 11 is 6.15. The highest BCUT2D eigenvalue weighted by atomic mass is 35.5. The quantitative estimate of drug-likeness (QED) is 0.808. The standard InChI is InChI=1S/C20H26ClN3O3/c1-22-17-7-6-16(21)12-18(17)24(20(22)26)13-14-2-4-15(5-3-14)19(25)23-8-10-27-11-9-23/h6-7,12,14-15H,2-5,8-11,13H2,1H3. The number of hydrogen-bond donors (Lipinski definition) is 0. The van der Waals surface area contributed by atoms with Gasteiger partial charge in [0.15, 0.2) is 0 Å². The van der Waals surface area contributed by atoms with Crippen molar-refractivity contribution in [2.75, 3.05) is 26.3 Å². The van der Waals surface area contributed by atoms with Gasteiger partial charge in [-0.05, 0) is 49.8 Å². The molecular weight excluding hydrogens is 366 g/mol. The molecule has 1 saturated heterocycles. The first-order chi connectivity index (χ1) is 13.0. The number of carbonyl (C=O) groups is 1. The third-order valence-electron chi connectivity index (χ3n) is 6.07. The summed E-state index contributed by atoms with van der Waals surface area (Å²) in [6.45, 7) is 3.41. The number of aryl methyl sites for hydroxylation is 1. The van der Waals surface area contributed by atoms with Crippen LogP contribution in [0.1, 0.15) is 25.7 Å². The van der Waals surface area contributed by atoms with Crippen molar-refractivity contribution in [3.63, 3.8) is 0 Å². The third kappa shape index (κ3) is 3.65. The second-order valence-corrected chi connectivity index (χ2v) is 8.18. The largest absolute Gasteiger partial charge is 0.378 e. The molecule has 6 nitrogen and oxygen atoms in total. The van der Waals surface area contributed by atoms with Crippen LogP contribution in [0, 0.1) is 11.8 Å². The predicted molar refractivity (Wildman–Crippen MR) is 105 cm³/mol. The summed E-state index contributed by atoms with van der Waals surface area (Å²) in [5.41, 5.74) is 1.79. The van der Waals surface area contributed by atoms with E-state index in [0.29, 0.717) is 43.8 Å². The van der Waals surface area contributed by atoms with Gasteiger partial charge in [-0.3, -0.25) is 13.9 Å². The molecule has 1 saturated carbocycles. The summed E-state index contributed by atoms with van der Waals surface area (Å²) in [7, 11) is 1.80. The third-order valence-corrected chi connectivity index (χ3v) is 6.30. The zero-order chi connectivity index (χ0) is 19.0. The van der Waals surface area contributed by atoms with Crippen LogP contribution >= 0.6 is 11.6 Å². The Kier molecular flexibility index (Phi) is 5.28. The Balaban J connectivity index is 1.43. The fraction of sp³-hybridized carbons (Fsp3) is 0.600. The molecule has 4 rings (SSSR count). The first-order valence-electron chi connectivity index (χ1n) is 9.76. The van der Waals surface area contributed by atoms with Gasteiger partial charge in [-0.25, -0.2) is 4.79 Å². The maximum Gasteiger partial charge on any atom is 0.328 e. The zero-order valence-corrected chi connectivity index (χ0v) is 16.5. The van der Waals surface area contributed by atoms with Gasteiger partial charge < -0.3 is 9.64 Å². The lowest BCUT2D eigenvalue weighted by Gasteiger charge is -2.34. The minimum absolute atomic E-state index is 0.00113. The predicted octanol–water partition coefficient (Wildman–Crippen LogP) is 2.66. The number of amides is 1. The number of ether oxygens (including phenoxy) is 1. The van der Waals surface area contributed by atoms with Crippen molar-refractivity contribution in [1.29, 1.82) is 0 Å². The smallest absolute Gasteiger partial charge is 0.328 e. The van der Waals surface area contributed by atoms with E-state index in [1.807, 2.05) is 27.7 Å². The summed E-state index contributed by atoms with van der Waals surface area (Å²) in [6, 6.07) is 5.58. The van der Waals surface area contributed by atoms with Crippen molar-refractivity contribution < 1.29 is 9.53 Å². The minimum atomic E-state index is -0.00113. The number of carbonyl (C=O) groups excluding carboxylic acids is 1. The molecular formula is C20H26ClN3O3. The van der Waals surface area contributed by atoms with E-state index in [1.165, 1.54) is 0 Å². The Labute approximate surface area is 163 Å². The van der Waals surface area contributed by atoms with Gasteiger partial charge in [0, 0.05) is 37.6 Å². The summed E-state index contributed by atoms with van der Waals surface area (Å²) in [6.07, 6.45) is 3.76. The number of rotatable bonds is 3. The van der Waals surface area contributed by atoms with Crippen molar-refractivity contribution in [2.45, 2.75) is 32.2 Å². The molecule has 27 heavy (non-hydrogen) atoms. The van der Waals surface area contributed by atoms with E-state index in [1.54, 1.807) is 11.6 Å². The maximum absolute atomic E-state index is 12.7. The summed E-state index contributed by atoms with van der Waals surface area (Å²) in [5.74, 6) is 0.824. The number of aromatic nitrogens is 2. The van der Waals surface area contributed by atoms with Crippen molar-refractivity contribution in [2.24, 2.45) is 18.9 Å². The van der Waals surface area contributed by atoms with Crippen LogP contribution in [0.4, 0.5) is 0 Å². The van der Waals surface area contributed by atoms with Crippen LogP contribution < -0.4 is 5.69 Å². The first kappa shape index (κ1) is 18.6. The molecule has 0 bridgehead atoms. The van der Waals surface area contributed by atoms with Gasteiger partial charge in [0.05, 0.1) is 24.2 Å². The van der Waals surface area contributed by atoms with Gasteiger partial charge in [0.2, 0.25) is 5.91 Å². The lowest BCUT2D eigenvalue weighted by molar-refractivity contribution is -0.141. The number of hydrogen-bond acceptors (Lipinski definition) is 3. The molecule has 1 aliphatic carbocycles. The zero-order valence-electron chi connectivity index (χ0n) is 15.7. The van der Waals surface area contributed by atoms with Gasteiger partial charge >= 0.3 is 5.69 Å². The van der Waals surface area contributed by atoms with Crippen LogP contribution in [-0.4, -0.2) is 46.2 Å². The van der Waals surface area contributed by atoms with Crippen molar-refractivity contribution in [1.82, 2.24) is 14.0 Å². The van der Waals surface area contributed by atoms with Crippen LogP contribution in [0.2, 0.25) is 5.02 Å². The second-order valence-electron chi connectivity index (χ2n) is 7.74. The first-order valence-corrected chi connectivity index (χ1v) is 10.1. The molecule has 0 radical (unpaired) electrons. The number of halogens is 1. The Morgan fingerprint density at radius 3 is 2.56 bits per heavy atom. The lowest BCUT2D eigenvalue weighted by Crippen LogP contribution is -2.44. The maximum atomic E-state index is 12.7. The highest BCUT2D eigenvalue weighted by molar-refractivity contribution is 6.31. The molecule has 1 amide bonds. The second kappa shape index (κ2) is 7.68. The van der Waals surface area contributed by atoms with E-state index in [-0.39, 0.29) is 17.5 Å². The molecule has 2 aromatic rings. The van der Waals surface area contributed by atoms with E-state index >= 15 is 0 Å². The molecule has 0 N–H and O–H groups in total. The molecule has 146 valence electrons. The summed E-state index contributed by atoms with van der Waals surface area (Å²) in [5, 5.41) is 0.640. The Hall–Kier alpha value is -1.79. The monoisotopic (exact) mass is 391 g/mol. The summed E-state index contributed by atoms with van der Waals surface area (Å²) < 4.78 is 8.86. The molecule has 1 aromatic carbocycles. The van der Waals surface area contributed by atoms with E-state index < -0.39 is 0 Å². The molecule has 2 fully saturated rings. The number of morpholine rings is 1. The van der Waals surface area contributed by atoms with E-state index in [9.17, 15) is 9.59 Å². The van der Waals surface area contributed by atoms with Gasteiger partial charge in [0.1, 0.15) is 0 Å². The molecule has 7 heteroatoms. The van der Waals surface area contributed by atoms with Crippen LogP contribution in [0.25, 0.3) is 11.0 Å². The number of imidazole rings is 1. The number of benzene rings is 1. The molecule has 0 unspecified atom stereocenters. The molecule has 1 aromatic heterocycles. The highest BCUT2D eigenvalue weighted by Gasteiger charge is 2.30. The minimum Gasteiger partial charge on any atom is -0.378 e. The molecule has 1 aliphatic heterocycles. The fourth-order valence-corrected chi connectivity index (χ4v) is 4.62. The number of fused-ring (bicyclic) bond motifs is 1. The van der Waals surface area contributed by atoms with Crippen molar-refractivity contribution in [3.05, 3.63) is 33.7 Å². The SMILES string of the molecule is Cn1c(=O)n(CC2CCC(C(=O)N3CCOCC3)CC2)c2cc(Cl)ccc21. The average Bonchev–Trinajstić information content (AvgIpc) is 2.93. The Morgan fingerprint density at radius 2 is 1.85 bits per heavy atom. The van der Waals surface area contributed by atoms with Crippen LogP contribution in [0.5, 0.6) is 0 Å². The molecule has 0 spiro atoms. The van der Waals surface area contributed by atoms with E-state index in [2.05, 4.69) is 0 Å². The van der Waals surface area contributed by atoms with Crippen LogP contribution in [-0.2, 0) is 23.1 Å². The highest BCUT2D eigenvalue weighted by Crippen LogP contribution is 2.32. The van der Waals surface area contributed by atoms with Gasteiger partial charge in [-0.2, -0.15) is 0 Å².